The van der Waals surface area contributed by atoms with Crippen molar-refractivity contribution in [1.29, 1.82) is 0 Å². The van der Waals surface area contributed by atoms with Crippen LogP contribution in [-0.2, 0) is 24.8 Å². The first-order valence-corrected chi connectivity index (χ1v) is 9.92. The van der Waals surface area contributed by atoms with Gasteiger partial charge in [0.25, 0.3) is 0 Å². The second-order valence-corrected chi connectivity index (χ2v) is 7.36. The van der Waals surface area contributed by atoms with E-state index in [0.717, 1.165) is 41.9 Å². The Morgan fingerprint density at radius 2 is 2.00 bits per heavy atom. The van der Waals surface area contributed by atoms with E-state index in [1.54, 1.807) is 17.9 Å². The van der Waals surface area contributed by atoms with Crippen molar-refractivity contribution in [1.82, 2.24) is 20.4 Å². The smallest absolute Gasteiger partial charge is 0.242 e. The zero-order valence-corrected chi connectivity index (χ0v) is 16.8. The first-order chi connectivity index (χ1) is 14.1. The number of carbonyl (C=O) groups excluding carboxylic acids is 1. The molecular weight excluding hydrogens is 364 g/mol. The predicted molar refractivity (Wildman–Crippen MR) is 113 cm³/mol. The molecule has 0 spiro atoms. The molecule has 150 valence electrons. The van der Waals surface area contributed by atoms with E-state index in [1.807, 2.05) is 13.2 Å². The van der Waals surface area contributed by atoms with Crippen molar-refractivity contribution in [3.05, 3.63) is 71.5 Å². The molecule has 1 unspecified atom stereocenters. The van der Waals surface area contributed by atoms with Gasteiger partial charge in [-0.2, -0.15) is 5.10 Å². The Hall–Kier alpha value is -3.12. The zero-order valence-electron chi connectivity index (χ0n) is 16.8. The standard InChI is InChI=1S/C23H26N4O2/c1-24-22(20-14-26-27(2)15-20)23(28)25-13-16-5-7-17(8-6-16)18-9-10-21-19(12-18)4-3-11-29-21/h5-10,12,14-15,22,24H,3-4,11,13H2,1-2H3,(H,25,28). The van der Waals surface area contributed by atoms with Crippen molar-refractivity contribution in [2.24, 2.45) is 7.05 Å². The van der Waals surface area contributed by atoms with E-state index in [-0.39, 0.29) is 5.91 Å². The molecule has 0 bridgehead atoms. The Morgan fingerprint density at radius 1 is 1.21 bits per heavy atom. The fourth-order valence-electron chi connectivity index (χ4n) is 3.68. The van der Waals surface area contributed by atoms with E-state index in [4.69, 9.17) is 4.74 Å². The van der Waals surface area contributed by atoms with E-state index in [2.05, 4.69) is 58.2 Å². The molecule has 4 rings (SSSR count). The number of carbonyl (C=O) groups is 1. The molecule has 1 aromatic heterocycles. The molecule has 1 amide bonds. The molecule has 2 heterocycles. The van der Waals surface area contributed by atoms with Crippen molar-refractivity contribution in [2.75, 3.05) is 13.7 Å². The van der Waals surface area contributed by atoms with Crippen LogP contribution in [0.15, 0.2) is 54.9 Å². The van der Waals surface area contributed by atoms with Gasteiger partial charge in [0.15, 0.2) is 0 Å². The summed E-state index contributed by atoms with van der Waals surface area (Å²) in [5.74, 6) is 0.936. The molecule has 0 saturated heterocycles. The number of ether oxygens (including phenoxy) is 1. The van der Waals surface area contributed by atoms with Crippen molar-refractivity contribution in [3.8, 4) is 16.9 Å². The van der Waals surface area contributed by atoms with Gasteiger partial charge >= 0.3 is 0 Å². The summed E-state index contributed by atoms with van der Waals surface area (Å²) in [4.78, 5) is 12.6. The topological polar surface area (TPSA) is 68.2 Å². The number of hydrogen-bond acceptors (Lipinski definition) is 4. The highest BCUT2D eigenvalue weighted by molar-refractivity contribution is 5.83. The van der Waals surface area contributed by atoms with Crippen molar-refractivity contribution in [2.45, 2.75) is 25.4 Å². The van der Waals surface area contributed by atoms with Gasteiger partial charge in [-0.25, -0.2) is 0 Å². The minimum absolute atomic E-state index is 0.0701. The van der Waals surface area contributed by atoms with Crippen molar-refractivity contribution >= 4 is 5.91 Å². The molecule has 0 aliphatic carbocycles. The Bertz CT molecular complexity index is 994. The summed E-state index contributed by atoms with van der Waals surface area (Å²) in [5.41, 5.74) is 5.54. The van der Waals surface area contributed by atoms with Crippen LogP contribution in [0.4, 0.5) is 0 Å². The molecular formula is C23H26N4O2. The van der Waals surface area contributed by atoms with Crippen LogP contribution in [0.5, 0.6) is 5.75 Å². The number of hydrogen-bond donors (Lipinski definition) is 2. The highest BCUT2D eigenvalue weighted by Crippen LogP contribution is 2.30. The molecule has 1 aliphatic rings. The molecule has 2 aromatic carbocycles. The fraction of sp³-hybridized carbons (Fsp3) is 0.304. The Labute approximate surface area is 170 Å². The predicted octanol–water partition coefficient (Wildman–Crippen LogP) is 2.99. The lowest BCUT2D eigenvalue weighted by Gasteiger charge is -2.18. The third kappa shape index (κ3) is 4.32. The summed E-state index contributed by atoms with van der Waals surface area (Å²) in [6, 6.07) is 14.3. The molecule has 0 fully saturated rings. The third-order valence-corrected chi connectivity index (χ3v) is 5.27. The minimum Gasteiger partial charge on any atom is -0.493 e. The summed E-state index contributed by atoms with van der Waals surface area (Å²) in [6.07, 6.45) is 5.69. The van der Waals surface area contributed by atoms with Gasteiger partial charge in [-0.05, 0) is 54.3 Å². The van der Waals surface area contributed by atoms with Gasteiger partial charge in [-0.15, -0.1) is 0 Å². The Morgan fingerprint density at radius 3 is 2.72 bits per heavy atom. The Kier molecular flexibility index (Phi) is 5.62. The first-order valence-electron chi connectivity index (χ1n) is 9.92. The summed E-state index contributed by atoms with van der Waals surface area (Å²) in [5, 5.41) is 10.2. The maximum Gasteiger partial charge on any atom is 0.242 e. The Balaban J connectivity index is 1.40. The SMILES string of the molecule is CNC(C(=O)NCc1ccc(-c2ccc3c(c2)CCCO3)cc1)c1cnn(C)c1. The van der Waals surface area contributed by atoms with Gasteiger partial charge in [0, 0.05) is 25.4 Å². The van der Waals surface area contributed by atoms with Crippen LogP contribution in [0, 0.1) is 0 Å². The normalized spacial score (nSPS) is 14.0. The number of likely N-dealkylation sites (N-methyl/N-ethyl adjacent to an activating group) is 1. The van der Waals surface area contributed by atoms with Gasteiger partial charge in [0.2, 0.25) is 5.91 Å². The lowest BCUT2D eigenvalue weighted by molar-refractivity contribution is -0.123. The molecule has 29 heavy (non-hydrogen) atoms. The van der Waals surface area contributed by atoms with E-state index in [0.29, 0.717) is 6.54 Å². The summed E-state index contributed by atoms with van der Waals surface area (Å²) < 4.78 is 7.39. The minimum atomic E-state index is -0.416. The van der Waals surface area contributed by atoms with E-state index in [1.165, 1.54) is 11.1 Å². The molecule has 1 atom stereocenters. The van der Waals surface area contributed by atoms with Crippen LogP contribution >= 0.6 is 0 Å². The van der Waals surface area contributed by atoms with Crippen LogP contribution in [-0.4, -0.2) is 29.3 Å². The summed E-state index contributed by atoms with van der Waals surface area (Å²) in [7, 11) is 3.61. The van der Waals surface area contributed by atoms with Gasteiger partial charge in [-0.1, -0.05) is 30.3 Å². The van der Waals surface area contributed by atoms with Gasteiger partial charge in [-0.3, -0.25) is 9.48 Å². The first kappa shape index (κ1) is 19.2. The zero-order chi connectivity index (χ0) is 20.2. The van der Waals surface area contributed by atoms with Crippen LogP contribution < -0.4 is 15.4 Å². The summed E-state index contributed by atoms with van der Waals surface area (Å²) in [6.45, 7) is 1.29. The third-order valence-electron chi connectivity index (χ3n) is 5.27. The second-order valence-electron chi connectivity index (χ2n) is 7.36. The number of fused-ring (bicyclic) bond motifs is 1. The number of rotatable bonds is 6. The maximum absolute atomic E-state index is 12.6. The number of amides is 1. The average molecular weight is 390 g/mol. The number of aromatic nitrogens is 2. The van der Waals surface area contributed by atoms with E-state index < -0.39 is 6.04 Å². The van der Waals surface area contributed by atoms with Gasteiger partial charge < -0.3 is 15.4 Å². The molecule has 1 aliphatic heterocycles. The van der Waals surface area contributed by atoms with Crippen LogP contribution in [0.2, 0.25) is 0 Å². The summed E-state index contributed by atoms with van der Waals surface area (Å²) >= 11 is 0. The molecule has 0 radical (unpaired) electrons. The largest absolute Gasteiger partial charge is 0.493 e. The van der Waals surface area contributed by atoms with Crippen LogP contribution in [0.3, 0.4) is 0 Å². The number of nitrogens with one attached hydrogen (secondary N) is 2. The van der Waals surface area contributed by atoms with Crippen molar-refractivity contribution < 1.29 is 9.53 Å². The fourth-order valence-corrected chi connectivity index (χ4v) is 3.68. The molecule has 2 N–H and O–H groups in total. The van der Waals surface area contributed by atoms with Crippen LogP contribution in [0.1, 0.15) is 29.2 Å². The number of benzene rings is 2. The highest BCUT2D eigenvalue weighted by atomic mass is 16.5. The number of aryl methyl sites for hydroxylation is 2. The lowest BCUT2D eigenvalue weighted by Crippen LogP contribution is -2.35. The van der Waals surface area contributed by atoms with E-state index in [9.17, 15) is 4.79 Å². The molecule has 6 heteroatoms. The maximum atomic E-state index is 12.6. The molecule has 6 nitrogen and oxygen atoms in total. The van der Waals surface area contributed by atoms with Crippen molar-refractivity contribution in [3.63, 3.8) is 0 Å². The van der Waals surface area contributed by atoms with E-state index >= 15 is 0 Å². The van der Waals surface area contributed by atoms with Gasteiger partial charge in [0.1, 0.15) is 11.8 Å². The molecule has 0 saturated carbocycles. The highest BCUT2D eigenvalue weighted by Gasteiger charge is 2.19. The molecule has 3 aromatic rings. The monoisotopic (exact) mass is 390 g/mol. The second kappa shape index (κ2) is 8.49. The quantitative estimate of drug-likeness (QED) is 0.679. The number of nitrogens with zero attached hydrogens (tertiary/aromatic N) is 2. The lowest BCUT2D eigenvalue weighted by atomic mass is 9.98. The van der Waals surface area contributed by atoms with Gasteiger partial charge in [0.05, 0.1) is 12.8 Å². The average Bonchev–Trinajstić information content (AvgIpc) is 3.18. The van der Waals surface area contributed by atoms with Crippen LogP contribution in [0.25, 0.3) is 11.1 Å².